The maximum absolute atomic E-state index is 13.7. The fourth-order valence-corrected chi connectivity index (χ4v) is 4.94. The summed E-state index contributed by atoms with van der Waals surface area (Å²) in [6, 6.07) is 5.67. The summed E-state index contributed by atoms with van der Waals surface area (Å²) in [5.41, 5.74) is 3.67. The first-order valence-corrected chi connectivity index (χ1v) is 15.5. The van der Waals surface area contributed by atoms with Crippen LogP contribution in [0.1, 0.15) is 72.8 Å². The van der Waals surface area contributed by atoms with Gasteiger partial charge in [-0.3, -0.25) is 4.90 Å². The summed E-state index contributed by atoms with van der Waals surface area (Å²) >= 11 is 0. The summed E-state index contributed by atoms with van der Waals surface area (Å²) in [6.07, 6.45) is -1.26. The number of benzene rings is 1. The molecule has 0 amide bonds. The third-order valence-corrected chi connectivity index (χ3v) is 7.90. The van der Waals surface area contributed by atoms with Crippen molar-refractivity contribution < 1.29 is 31.4 Å². The monoisotopic (exact) mass is 604 g/mol. The molecule has 0 saturated carbocycles. The summed E-state index contributed by atoms with van der Waals surface area (Å²) in [5, 5.41) is 0. The molecule has 0 aliphatic carbocycles. The topological polar surface area (TPSA) is 24.9 Å². The molecule has 1 aromatic rings. The summed E-state index contributed by atoms with van der Waals surface area (Å²) in [4.78, 5) is 5.02. The van der Waals surface area contributed by atoms with Crippen LogP contribution in [0.3, 0.4) is 0 Å². The van der Waals surface area contributed by atoms with Gasteiger partial charge in [-0.05, 0) is 87.7 Å². The largest absolute Gasteiger partial charge is 0.573 e. The summed E-state index contributed by atoms with van der Waals surface area (Å²) in [7, 11) is 0. The van der Waals surface area contributed by atoms with Gasteiger partial charge in [0.1, 0.15) is 5.75 Å². The molecular formula is C33H53F5N2O2. The zero-order valence-electron chi connectivity index (χ0n) is 26.7. The van der Waals surface area contributed by atoms with Crippen LogP contribution >= 0.6 is 0 Å². The Hall–Kier alpha value is -1.97. The number of nitrogens with zero attached hydrogens (tertiary/aromatic N) is 2. The van der Waals surface area contributed by atoms with E-state index in [0.717, 1.165) is 83.7 Å². The van der Waals surface area contributed by atoms with E-state index in [-0.39, 0.29) is 11.7 Å². The minimum absolute atomic E-state index is 0.0618. The summed E-state index contributed by atoms with van der Waals surface area (Å²) in [6.45, 7) is 22.1. The molecule has 2 aliphatic heterocycles. The Morgan fingerprint density at radius 1 is 0.976 bits per heavy atom. The average molecular weight is 605 g/mol. The van der Waals surface area contributed by atoms with Crippen LogP contribution in [0, 0.1) is 18.8 Å². The van der Waals surface area contributed by atoms with E-state index >= 15 is 0 Å². The van der Waals surface area contributed by atoms with Gasteiger partial charge in [0.15, 0.2) is 0 Å². The molecule has 2 saturated heterocycles. The van der Waals surface area contributed by atoms with Crippen molar-refractivity contribution in [1.82, 2.24) is 9.80 Å². The van der Waals surface area contributed by atoms with E-state index in [1.807, 2.05) is 33.8 Å². The number of hydrogen-bond donors (Lipinski definition) is 0. The second kappa shape index (κ2) is 20.1. The molecule has 0 bridgehead atoms. The zero-order valence-corrected chi connectivity index (χ0v) is 26.7. The van der Waals surface area contributed by atoms with E-state index in [1.165, 1.54) is 23.3 Å². The highest BCUT2D eigenvalue weighted by Crippen LogP contribution is 2.33. The second-order valence-corrected chi connectivity index (χ2v) is 10.8. The van der Waals surface area contributed by atoms with E-state index < -0.39 is 12.8 Å². The van der Waals surface area contributed by atoms with Gasteiger partial charge in [0.25, 0.3) is 6.43 Å². The van der Waals surface area contributed by atoms with Crippen molar-refractivity contribution in [3.63, 3.8) is 0 Å². The van der Waals surface area contributed by atoms with Gasteiger partial charge in [-0.2, -0.15) is 0 Å². The standard InChI is InChI=1S/C23H40F2N2O.C8H7F3O.C2H6/c1-5-18(3)21(17-22(23(24)25)19(4)6-2)20-7-9-26(10-8-20)11-12-27-13-15-28-16-14-27;1-6-2-4-7(5-3-6)12-8(9,10)11;1-2/h17,19-20,23H,5-16H2,1-4H3;2-5H,1H3;1-2H3/b21-18?,22-17+;;. The highest BCUT2D eigenvalue weighted by molar-refractivity contribution is 5.32. The molecule has 1 atom stereocenters. The maximum Gasteiger partial charge on any atom is 0.573 e. The predicted molar refractivity (Wildman–Crippen MR) is 162 cm³/mol. The van der Waals surface area contributed by atoms with Crippen molar-refractivity contribution in [2.24, 2.45) is 11.8 Å². The lowest BCUT2D eigenvalue weighted by molar-refractivity contribution is -0.274. The van der Waals surface area contributed by atoms with Crippen molar-refractivity contribution >= 4 is 0 Å². The molecule has 1 aromatic carbocycles. The Bertz CT molecular complexity index is 917. The predicted octanol–water partition coefficient (Wildman–Crippen LogP) is 8.91. The molecule has 2 fully saturated rings. The van der Waals surface area contributed by atoms with Crippen molar-refractivity contribution in [2.45, 2.75) is 86.9 Å². The number of alkyl halides is 5. The van der Waals surface area contributed by atoms with Gasteiger partial charge < -0.3 is 14.4 Å². The summed E-state index contributed by atoms with van der Waals surface area (Å²) in [5.74, 6) is 0.166. The first-order valence-electron chi connectivity index (χ1n) is 15.5. The molecule has 2 aliphatic rings. The normalized spacial score (nSPS) is 18.8. The van der Waals surface area contributed by atoms with Gasteiger partial charge in [0.05, 0.1) is 13.2 Å². The van der Waals surface area contributed by atoms with E-state index in [0.29, 0.717) is 11.5 Å². The molecule has 1 unspecified atom stereocenters. The van der Waals surface area contributed by atoms with Gasteiger partial charge in [-0.15, -0.1) is 13.2 Å². The SMILES string of the molecule is CC.CCC(C)=C(/C=C(/C(F)F)C(C)CC)C1CCN(CCN2CCOCC2)CC1.Cc1ccc(OC(F)(F)F)cc1. The Labute approximate surface area is 250 Å². The molecule has 0 N–H and O–H groups in total. The minimum atomic E-state index is -4.60. The first-order chi connectivity index (χ1) is 19.9. The van der Waals surface area contributed by atoms with Crippen molar-refractivity contribution in [3.05, 3.63) is 52.6 Å². The lowest BCUT2D eigenvalue weighted by Crippen LogP contribution is -2.43. The molecule has 0 radical (unpaired) electrons. The molecule has 2 heterocycles. The third-order valence-electron chi connectivity index (χ3n) is 7.90. The average Bonchev–Trinajstić information content (AvgIpc) is 2.98. The van der Waals surface area contributed by atoms with Crippen LogP contribution in [-0.4, -0.2) is 75.1 Å². The first kappa shape index (κ1) is 38.1. The zero-order chi connectivity index (χ0) is 31.7. The van der Waals surface area contributed by atoms with Crippen LogP contribution in [-0.2, 0) is 4.74 Å². The quantitative estimate of drug-likeness (QED) is 0.197. The molecule has 4 nitrogen and oxygen atoms in total. The molecule has 3 rings (SSSR count). The van der Waals surface area contributed by atoms with Gasteiger partial charge in [0.2, 0.25) is 0 Å². The fraction of sp³-hybridized carbons (Fsp3) is 0.697. The summed E-state index contributed by atoms with van der Waals surface area (Å²) < 4.78 is 71.3. The van der Waals surface area contributed by atoms with E-state index in [9.17, 15) is 22.0 Å². The highest BCUT2D eigenvalue weighted by Gasteiger charge is 2.31. The molecule has 9 heteroatoms. The highest BCUT2D eigenvalue weighted by atomic mass is 19.4. The Kier molecular flexibility index (Phi) is 18.2. The van der Waals surface area contributed by atoms with Crippen LogP contribution < -0.4 is 4.74 Å². The number of hydrogen-bond acceptors (Lipinski definition) is 4. The molecule has 0 spiro atoms. The smallest absolute Gasteiger partial charge is 0.406 e. The van der Waals surface area contributed by atoms with E-state index in [2.05, 4.69) is 28.4 Å². The van der Waals surface area contributed by atoms with Crippen LogP contribution in [0.5, 0.6) is 5.75 Å². The number of piperidine rings is 1. The van der Waals surface area contributed by atoms with Gasteiger partial charge in [-0.25, -0.2) is 8.78 Å². The lowest BCUT2D eigenvalue weighted by atomic mass is 9.83. The number of rotatable bonds is 10. The number of aryl methyl sites for hydroxylation is 1. The Morgan fingerprint density at radius 3 is 1.95 bits per heavy atom. The number of ether oxygens (including phenoxy) is 2. The lowest BCUT2D eigenvalue weighted by Gasteiger charge is -2.35. The van der Waals surface area contributed by atoms with Crippen molar-refractivity contribution in [1.29, 1.82) is 0 Å². The van der Waals surface area contributed by atoms with Crippen LogP contribution in [0.15, 0.2) is 47.1 Å². The molecular weight excluding hydrogens is 551 g/mol. The van der Waals surface area contributed by atoms with Crippen molar-refractivity contribution in [2.75, 3.05) is 52.5 Å². The Morgan fingerprint density at radius 2 is 1.50 bits per heavy atom. The molecule has 242 valence electrons. The van der Waals surface area contributed by atoms with Crippen LogP contribution in [0.2, 0.25) is 0 Å². The van der Waals surface area contributed by atoms with E-state index in [1.54, 1.807) is 19.1 Å². The van der Waals surface area contributed by atoms with Crippen LogP contribution in [0.4, 0.5) is 22.0 Å². The number of morpholine rings is 1. The Balaban J connectivity index is 0.000000524. The van der Waals surface area contributed by atoms with Gasteiger partial charge in [0, 0.05) is 26.2 Å². The maximum atomic E-state index is 13.7. The van der Waals surface area contributed by atoms with Crippen molar-refractivity contribution in [3.8, 4) is 5.75 Å². The van der Waals surface area contributed by atoms with E-state index in [4.69, 9.17) is 4.74 Å². The molecule has 42 heavy (non-hydrogen) atoms. The third kappa shape index (κ3) is 14.5. The van der Waals surface area contributed by atoms with Gasteiger partial charge >= 0.3 is 6.36 Å². The number of allylic oxidation sites excluding steroid dienone is 4. The number of likely N-dealkylation sites (tertiary alicyclic amines) is 1. The molecule has 0 aromatic heterocycles. The number of halogens is 5. The second-order valence-electron chi connectivity index (χ2n) is 10.8. The van der Waals surface area contributed by atoms with Crippen LogP contribution in [0.25, 0.3) is 0 Å². The fourth-order valence-electron chi connectivity index (χ4n) is 4.94. The minimum Gasteiger partial charge on any atom is -0.406 e. The van der Waals surface area contributed by atoms with Gasteiger partial charge in [-0.1, -0.05) is 64.0 Å².